The molecule has 0 N–H and O–H groups in total. The van der Waals surface area contributed by atoms with Gasteiger partial charge in [0, 0.05) is 36.9 Å². The molecule has 2 nitrogen and oxygen atoms in total. The number of unbranched alkanes of at least 4 members (excludes halogenated alkanes) is 9. The highest BCUT2D eigenvalue weighted by Crippen LogP contribution is 2.44. The van der Waals surface area contributed by atoms with E-state index in [4.69, 9.17) is 4.37 Å². The molecule has 1 atom stereocenters. The highest BCUT2D eigenvalue weighted by Gasteiger charge is 2.47. The number of aryl methyl sites for hydroxylation is 2. The van der Waals surface area contributed by atoms with Gasteiger partial charge in [-0.2, -0.15) is 8.75 Å². The molecule has 0 radical (unpaired) electrons. The predicted octanol–water partition coefficient (Wildman–Crippen LogP) is 9.16. The van der Waals surface area contributed by atoms with E-state index in [9.17, 15) is 0 Å². The lowest BCUT2D eigenvalue weighted by molar-refractivity contribution is 0.562. The van der Waals surface area contributed by atoms with Crippen LogP contribution in [-0.2, 0) is 0 Å². The van der Waals surface area contributed by atoms with Gasteiger partial charge in [0.1, 0.15) is 11.0 Å². The molecule has 0 fully saturated rings. The third-order valence-electron chi connectivity index (χ3n) is 8.96. The summed E-state index contributed by atoms with van der Waals surface area (Å²) >= 11 is 5.07. The van der Waals surface area contributed by atoms with E-state index in [0.29, 0.717) is 0 Å². The average molecular weight is 779 g/mol. The first-order valence-electron chi connectivity index (χ1n) is 18.5. The highest BCUT2D eigenvalue weighted by atomic mass is 32.1. The van der Waals surface area contributed by atoms with Crippen molar-refractivity contribution >= 4 is 63.9 Å². The van der Waals surface area contributed by atoms with Crippen LogP contribution >= 0.6 is 34.4 Å². The Balaban J connectivity index is 1.34. The van der Waals surface area contributed by atoms with Crippen LogP contribution < -0.4 is 10.4 Å². The van der Waals surface area contributed by atoms with Crippen molar-refractivity contribution in [1.82, 2.24) is 8.75 Å². The maximum Gasteiger partial charge on any atom is 0.203 e. The first-order chi connectivity index (χ1) is 27.1. The van der Waals surface area contributed by atoms with Gasteiger partial charge in [-0.15, -0.1) is 28.2 Å². The molecule has 3 aromatic heterocycles. The Labute approximate surface area is 341 Å². The van der Waals surface area contributed by atoms with Gasteiger partial charge in [-0.1, -0.05) is 89.2 Å². The van der Waals surface area contributed by atoms with Crippen LogP contribution in [0.5, 0.6) is 0 Å². The SMILES string of the molecule is CC#CC#CC#CC#CC#CC#CC#CC#CC#CC#C[Si]1(CCCCCCCCCCCC)c2cc(C)sc2-c2sc(-c3ccc(C)c4nsnc34)cc21. The molecule has 1 aliphatic heterocycles. The maximum absolute atomic E-state index is 4.71. The summed E-state index contributed by atoms with van der Waals surface area (Å²) in [6.07, 6.45) is 13.1. The maximum atomic E-state index is 4.71. The number of rotatable bonds is 12. The fourth-order valence-corrected chi connectivity index (χ4v) is 15.1. The third kappa shape index (κ3) is 11.1. The molecule has 5 rings (SSSR count). The predicted molar refractivity (Wildman–Crippen MR) is 239 cm³/mol. The van der Waals surface area contributed by atoms with Crippen LogP contribution in [0.25, 0.3) is 31.2 Å². The molecule has 266 valence electrons. The van der Waals surface area contributed by atoms with Gasteiger partial charge in [0.15, 0.2) is 0 Å². The van der Waals surface area contributed by atoms with Gasteiger partial charge in [-0.25, -0.2) is 0 Å². The summed E-state index contributed by atoms with van der Waals surface area (Å²) in [5, 5.41) is 2.89. The summed E-state index contributed by atoms with van der Waals surface area (Å²) in [4.78, 5) is 5.35. The number of thiophene rings is 2. The van der Waals surface area contributed by atoms with Gasteiger partial charge >= 0.3 is 0 Å². The van der Waals surface area contributed by atoms with Gasteiger partial charge in [-0.3, -0.25) is 0 Å². The van der Waals surface area contributed by atoms with Crippen LogP contribution in [0, 0.1) is 132 Å². The Morgan fingerprint density at radius 3 is 1.62 bits per heavy atom. The van der Waals surface area contributed by atoms with Crippen molar-refractivity contribution in [3.05, 3.63) is 34.7 Å². The lowest BCUT2D eigenvalue weighted by Gasteiger charge is -2.22. The summed E-state index contributed by atoms with van der Waals surface area (Å²) in [7, 11) is -2.44. The summed E-state index contributed by atoms with van der Waals surface area (Å²) in [5.74, 6) is 51.3. The second kappa shape index (κ2) is 21.8. The Bertz CT molecular complexity index is 2710. The van der Waals surface area contributed by atoms with E-state index in [0.717, 1.165) is 28.2 Å². The van der Waals surface area contributed by atoms with Gasteiger partial charge in [-0.05, 0) is 150 Å². The molecule has 55 heavy (non-hydrogen) atoms. The first kappa shape index (κ1) is 40.4. The number of hydrogen-bond donors (Lipinski definition) is 0. The number of aromatic nitrogens is 2. The number of nitrogens with zero attached hydrogens (tertiary/aromatic N) is 2. The minimum absolute atomic E-state index is 0.989. The number of hydrogen-bond acceptors (Lipinski definition) is 5. The highest BCUT2D eigenvalue weighted by molar-refractivity contribution is 7.31. The summed E-state index contributed by atoms with van der Waals surface area (Å²) < 4.78 is 9.32. The summed E-state index contributed by atoms with van der Waals surface area (Å²) in [6.45, 7) is 8.31. The summed E-state index contributed by atoms with van der Waals surface area (Å²) in [5.41, 5.74) is 8.14. The lowest BCUT2D eigenvalue weighted by atomic mass is 10.1. The van der Waals surface area contributed by atoms with E-state index >= 15 is 0 Å². The molecule has 4 heterocycles. The molecular formula is C49H38N2S3Si. The fourth-order valence-electron chi connectivity index (χ4n) is 6.39. The van der Waals surface area contributed by atoms with Crippen LogP contribution in [-0.4, -0.2) is 16.8 Å². The summed E-state index contributed by atoms with van der Waals surface area (Å²) in [6, 6.07) is 10.3. The largest absolute Gasteiger partial charge is 0.203 e. The third-order valence-corrected chi connectivity index (χ3v) is 16.5. The molecule has 1 aromatic carbocycles. The molecule has 6 heteroatoms. The monoisotopic (exact) mass is 778 g/mol. The topological polar surface area (TPSA) is 25.8 Å². The van der Waals surface area contributed by atoms with Gasteiger partial charge in [0.2, 0.25) is 8.07 Å². The Hall–Kier alpha value is -5.74. The van der Waals surface area contributed by atoms with Crippen molar-refractivity contribution in [3.63, 3.8) is 0 Å². The average Bonchev–Trinajstić information content (AvgIpc) is 3.98. The minimum atomic E-state index is -2.44. The van der Waals surface area contributed by atoms with Gasteiger partial charge in [0.05, 0.1) is 11.7 Å². The molecule has 0 saturated carbocycles. The minimum Gasteiger partial charge on any atom is -0.173 e. The van der Waals surface area contributed by atoms with Gasteiger partial charge in [0.25, 0.3) is 0 Å². The molecule has 0 aliphatic carbocycles. The van der Waals surface area contributed by atoms with E-state index in [2.05, 4.69) is 167 Å². The standard InChI is InChI=1S/C49H38N2S3Si/c1-5-7-9-11-13-15-17-18-19-20-21-22-23-24-25-27-29-31-33-37-55(36-32-30-28-26-16-14-12-10-8-6-2)44-38-41(4)52-48(44)49-45(55)39-43(53-49)42-35-34-40(3)46-47(42)51-54-50-46/h34-35,38-39H,6,8,10,12,14,16,26,28,30,32,36H2,1-4H3. The molecule has 0 spiro atoms. The van der Waals surface area contributed by atoms with Crippen molar-refractivity contribution in [2.75, 3.05) is 0 Å². The van der Waals surface area contributed by atoms with E-state index in [-0.39, 0.29) is 0 Å². The number of fused-ring (bicyclic) bond motifs is 4. The van der Waals surface area contributed by atoms with Gasteiger partial charge < -0.3 is 0 Å². The van der Waals surface area contributed by atoms with Crippen molar-refractivity contribution in [2.24, 2.45) is 0 Å². The molecule has 1 aliphatic rings. The van der Waals surface area contributed by atoms with E-state index in [1.807, 2.05) is 22.7 Å². The van der Waals surface area contributed by atoms with Crippen LogP contribution in [0.15, 0.2) is 24.3 Å². The van der Waals surface area contributed by atoms with Crippen LogP contribution in [0.2, 0.25) is 6.04 Å². The van der Waals surface area contributed by atoms with E-state index < -0.39 is 8.07 Å². The molecule has 4 aromatic rings. The van der Waals surface area contributed by atoms with Crippen molar-refractivity contribution in [3.8, 4) is 138 Å². The lowest BCUT2D eigenvalue weighted by Crippen LogP contribution is -2.53. The number of benzene rings is 1. The quantitative estimate of drug-likeness (QED) is 0.0815. The second-order valence-electron chi connectivity index (χ2n) is 12.8. The molecule has 1 unspecified atom stereocenters. The van der Waals surface area contributed by atoms with Crippen molar-refractivity contribution in [2.45, 2.75) is 97.9 Å². The van der Waals surface area contributed by atoms with E-state index in [1.54, 1.807) is 6.92 Å². The van der Waals surface area contributed by atoms with E-state index in [1.165, 1.54) is 106 Å². The molecule has 0 bridgehead atoms. The molecular weight excluding hydrogens is 741 g/mol. The Morgan fingerprint density at radius 1 is 0.545 bits per heavy atom. The zero-order valence-electron chi connectivity index (χ0n) is 31.7. The van der Waals surface area contributed by atoms with Crippen LogP contribution in [0.1, 0.15) is 88.5 Å². The smallest absolute Gasteiger partial charge is 0.173 e. The zero-order chi connectivity index (χ0) is 38.6. The normalized spacial score (nSPS) is 12.1. The zero-order valence-corrected chi connectivity index (χ0v) is 35.2. The fraction of sp³-hybridized carbons (Fsp3) is 0.306. The second-order valence-corrected chi connectivity index (χ2v) is 19.3. The Kier molecular flexibility index (Phi) is 16.1. The Morgan fingerprint density at radius 2 is 1.04 bits per heavy atom. The van der Waals surface area contributed by atoms with Crippen molar-refractivity contribution in [1.29, 1.82) is 0 Å². The molecule has 0 amide bonds. The first-order valence-corrected chi connectivity index (χ1v) is 23.1. The molecule has 0 saturated heterocycles. The van der Waals surface area contributed by atoms with Crippen molar-refractivity contribution < 1.29 is 0 Å². The van der Waals surface area contributed by atoms with Crippen LogP contribution in [0.4, 0.5) is 0 Å². The van der Waals surface area contributed by atoms with Crippen LogP contribution in [0.3, 0.4) is 0 Å².